The Kier molecular flexibility index (Phi) is 56.1. The van der Waals surface area contributed by atoms with Gasteiger partial charge in [-0.15, -0.1) is 0 Å². The maximum Gasteiger partial charge on any atom is 0.320 e. The summed E-state index contributed by atoms with van der Waals surface area (Å²) in [6.45, 7) is 42.2. The second-order valence-corrected chi connectivity index (χ2v) is 36.0. The zero-order valence-corrected chi connectivity index (χ0v) is 80.2. The number of hydrogen-bond donors (Lipinski definition) is 5. The van der Waals surface area contributed by atoms with E-state index in [1.54, 1.807) is 74.2 Å². The smallest absolute Gasteiger partial charge is 0.320 e. The molecule has 0 aliphatic carbocycles. The lowest BCUT2D eigenvalue weighted by molar-refractivity contribution is -0.385. The third-order valence-electron chi connectivity index (χ3n) is 15.9. The molecule has 6 rings (SSSR count). The van der Waals surface area contributed by atoms with Gasteiger partial charge in [-0.1, -0.05) is 80.4 Å². The number of carbonyl (C=O) groups is 7. The number of nitrogens with zero attached hydrogens (tertiary/aromatic N) is 11. The van der Waals surface area contributed by atoms with Gasteiger partial charge in [0.25, 0.3) is 28.4 Å². The SMILES string of the molecule is CC(C)(C)OC(=O)CBr.CC(C)(C)OC(=O)CN(CCBr)Cc1ccc([N+](=O)[O-])cc1.CC(C)(C)OC(=O)CN(CCO)Cc1ccc([N+](=O)[O-])cc1.CC(C)(C)OC(=O)CN1CCN(CCN(CC(=O)OC(C)(C)C)Cc2ccc([N+](=O)[O-])cc2)CCN(CC(=O)OC(C)(C)C)CC1.NCCO.O=Cc1ccc([N+](=O)[O-])cc1.O=[N+]([O-])c1ccc(CNCCO)cc1. The van der Waals surface area contributed by atoms with Gasteiger partial charge in [0, 0.05) is 176 Å². The summed E-state index contributed by atoms with van der Waals surface area (Å²) in [6.07, 6.45) is 0.643. The monoisotopic (exact) mass is 1930 g/mol. The molecule has 1 fully saturated rings. The number of aliphatic hydroxyl groups is 3. The fourth-order valence-electron chi connectivity index (χ4n) is 10.7. The van der Waals surface area contributed by atoms with Gasteiger partial charge in [-0.25, -0.2) is 0 Å². The first-order valence-electron chi connectivity index (χ1n) is 41.1. The van der Waals surface area contributed by atoms with Gasteiger partial charge in [0.2, 0.25) is 0 Å². The van der Waals surface area contributed by atoms with Crippen LogP contribution >= 0.6 is 31.9 Å². The highest BCUT2D eigenvalue weighted by Gasteiger charge is 2.28. The van der Waals surface area contributed by atoms with E-state index in [-0.39, 0.29) is 128 Å². The normalized spacial score (nSPS) is 12.7. The Morgan fingerprint density at radius 2 is 0.648 bits per heavy atom. The molecule has 5 aromatic rings. The standard InChI is InChI=1S/C33H55N5O8.C15H21BrN2O4.C15H22N2O5.C9H12N2O3.C7H5NO3.C6H11BrO2.C2H7NO/c1-31(2,3)44-28(39)23-35-17-14-34(15-18-36(20-19-35)24-29(40)45-32(4,5)6)16-21-37(25-30(41)46-33(7,8)9)22-26-10-12-27(13-11-26)38(42)43;1-15(2,3)22-14(19)11-17(9-8-16)10-12-4-6-13(7-5-12)18(20)21;1-15(2,3)22-14(19)11-16(8-9-18)10-12-4-6-13(7-5-12)17(20)21;12-6-5-10-7-8-1-3-9(4-2-8)11(13)14;9-5-6-1-3-7(4-2-6)8(10)11;1-6(2,3)9-5(8)4-7;3-1-2-4/h10-13H,14-25H2,1-9H3;4-7H,8-11H2,1-3H3;4-7,18H,8-11H2,1-3H3;1-4,10,12H,5-7H2;1-5H;4H2,1-3H3;4H,1-3H2. The number of benzene rings is 5. The fourth-order valence-corrected chi connectivity index (χ4v) is 11.3. The molecule has 1 saturated heterocycles. The van der Waals surface area contributed by atoms with Gasteiger partial charge >= 0.3 is 35.8 Å². The molecule has 0 amide bonds. The number of esters is 6. The minimum Gasteiger partial charge on any atom is -0.459 e. The van der Waals surface area contributed by atoms with Crippen molar-refractivity contribution < 1.29 is 102 Å². The van der Waals surface area contributed by atoms with Crippen molar-refractivity contribution in [1.29, 1.82) is 0 Å². The largest absolute Gasteiger partial charge is 0.459 e. The summed E-state index contributed by atoms with van der Waals surface area (Å²) in [7, 11) is 0. The van der Waals surface area contributed by atoms with Crippen LogP contribution in [-0.4, -0.2) is 287 Å². The zero-order chi connectivity index (χ0) is 97.8. The third kappa shape index (κ3) is 61.5. The molecule has 0 saturated carbocycles. The average molecular weight is 1940 g/mol. The molecule has 1 heterocycles. The van der Waals surface area contributed by atoms with Crippen LogP contribution in [0, 0.1) is 50.6 Å². The first kappa shape index (κ1) is 118. The number of carbonyl (C=O) groups excluding carboxylic acids is 7. The molecule has 128 heavy (non-hydrogen) atoms. The van der Waals surface area contributed by atoms with Crippen LogP contribution in [0.5, 0.6) is 0 Å². The lowest BCUT2D eigenvalue weighted by Gasteiger charge is -2.30. The molecular weight excluding hydrogens is 1800 g/mol. The molecule has 0 radical (unpaired) electrons. The number of rotatable bonds is 35. The Bertz CT molecular complexity index is 4020. The van der Waals surface area contributed by atoms with E-state index in [1.807, 2.05) is 123 Å². The number of nitrogens with two attached hydrogens (primary N) is 1. The van der Waals surface area contributed by atoms with E-state index < -0.39 is 52.6 Å². The van der Waals surface area contributed by atoms with Crippen LogP contribution in [0.3, 0.4) is 0 Å². The Balaban J connectivity index is 0.00000165. The van der Waals surface area contributed by atoms with Crippen molar-refractivity contribution >= 4 is 102 Å². The molecule has 6 N–H and O–H groups in total. The predicted octanol–water partition coefficient (Wildman–Crippen LogP) is 11.0. The van der Waals surface area contributed by atoms with Crippen molar-refractivity contribution in [1.82, 2.24) is 34.7 Å². The van der Waals surface area contributed by atoms with Crippen LogP contribution in [0.25, 0.3) is 0 Å². The Morgan fingerprint density at radius 1 is 0.391 bits per heavy atom. The van der Waals surface area contributed by atoms with Crippen LogP contribution in [0.4, 0.5) is 28.4 Å². The molecule has 5 aromatic carbocycles. The number of aliphatic hydroxyl groups excluding tert-OH is 3. The quantitative estimate of drug-likeness (QED) is 0.00478. The predicted molar refractivity (Wildman–Crippen MR) is 491 cm³/mol. The topological polar surface area (TPSA) is 509 Å². The number of aldehydes is 1. The van der Waals surface area contributed by atoms with Gasteiger partial charge < -0.3 is 54.8 Å². The number of alkyl halides is 2. The minimum absolute atomic E-state index is 0.00407. The van der Waals surface area contributed by atoms with Gasteiger partial charge in [-0.2, -0.15) is 0 Å². The van der Waals surface area contributed by atoms with Crippen LogP contribution < -0.4 is 11.1 Å². The fraction of sp³-hybridized carbons (Fsp3) is 0.575. The summed E-state index contributed by atoms with van der Waals surface area (Å²) in [5.41, 5.74) is 5.68. The van der Waals surface area contributed by atoms with Crippen LogP contribution in [0.1, 0.15) is 157 Å². The van der Waals surface area contributed by atoms with Gasteiger partial charge in [-0.3, -0.25) is 114 Å². The van der Waals surface area contributed by atoms with Crippen molar-refractivity contribution in [3.63, 3.8) is 0 Å². The summed E-state index contributed by atoms with van der Waals surface area (Å²) in [5.74, 6) is -1.83. The second kappa shape index (κ2) is 60.8. The van der Waals surface area contributed by atoms with Crippen molar-refractivity contribution in [2.75, 3.05) is 142 Å². The Hall–Kier alpha value is -9.89. The van der Waals surface area contributed by atoms with Crippen molar-refractivity contribution in [2.45, 2.75) is 184 Å². The van der Waals surface area contributed by atoms with Crippen molar-refractivity contribution in [2.24, 2.45) is 5.73 Å². The summed E-state index contributed by atoms with van der Waals surface area (Å²) < 4.78 is 32.2. The first-order chi connectivity index (χ1) is 59.4. The van der Waals surface area contributed by atoms with E-state index in [2.05, 4.69) is 42.1 Å². The molecule has 0 spiro atoms. The van der Waals surface area contributed by atoms with Gasteiger partial charge in [0.15, 0.2) is 0 Å². The molecule has 0 atom stereocenters. The molecule has 1 aliphatic heterocycles. The maximum absolute atomic E-state index is 12.8. The lowest BCUT2D eigenvalue weighted by Crippen LogP contribution is -2.43. The average Bonchev–Trinajstić information content (AvgIpc) is 0.934. The molecule has 41 heteroatoms. The number of halogens is 2. The molecule has 716 valence electrons. The number of nitro groups is 5. The van der Waals surface area contributed by atoms with E-state index in [1.165, 1.54) is 72.8 Å². The van der Waals surface area contributed by atoms with Gasteiger partial charge in [-0.05, 0) is 159 Å². The number of nitrogens with one attached hydrogen (secondary N) is 1. The summed E-state index contributed by atoms with van der Waals surface area (Å²) >= 11 is 6.36. The van der Waals surface area contributed by atoms with E-state index in [4.69, 9.17) is 49.5 Å². The van der Waals surface area contributed by atoms with E-state index in [0.717, 1.165) is 27.6 Å². The number of non-ortho nitro benzene ring substituents is 5. The maximum atomic E-state index is 12.8. The summed E-state index contributed by atoms with van der Waals surface area (Å²) in [4.78, 5) is 145. The van der Waals surface area contributed by atoms with Gasteiger partial charge in [0.05, 0.1) is 77.2 Å². The van der Waals surface area contributed by atoms with Gasteiger partial charge in [0.1, 0.15) is 45.2 Å². The van der Waals surface area contributed by atoms with E-state index >= 15 is 0 Å². The third-order valence-corrected chi connectivity index (χ3v) is 16.7. The highest BCUT2D eigenvalue weighted by Crippen LogP contribution is 2.21. The van der Waals surface area contributed by atoms with Crippen LogP contribution in [-0.2, 0) is 83.4 Å². The van der Waals surface area contributed by atoms with Crippen LogP contribution in [0.15, 0.2) is 121 Å². The first-order valence-corrected chi connectivity index (χ1v) is 43.3. The lowest BCUT2D eigenvalue weighted by atomic mass is 10.2. The number of ether oxygens (including phenoxy) is 6. The zero-order valence-electron chi connectivity index (χ0n) is 77.0. The molecule has 0 aromatic heterocycles. The highest BCUT2D eigenvalue weighted by atomic mass is 79.9. The minimum atomic E-state index is -0.632. The second-order valence-electron chi connectivity index (χ2n) is 34.7. The van der Waals surface area contributed by atoms with E-state index in [9.17, 15) is 84.1 Å². The molecule has 39 nitrogen and oxygen atoms in total. The molecule has 0 bridgehead atoms. The van der Waals surface area contributed by atoms with Crippen LogP contribution in [0.2, 0.25) is 0 Å². The Morgan fingerprint density at radius 3 is 0.891 bits per heavy atom. The molecule has 1 aliphatic rings. The molecular formula is C87H133Br2N13O26. The number of hydrogen-bond acceptors (Lipinski definition) is 34. The highest BCUT2D eigenvalue weighted by molar-refractivity contribution is 9.09. The summed E-state index contributed by atoms with van der Waals surface area (Å²) in [6, 6.07) is 30.5. The van der Waals surface area contributed by atoms with E-state index in [0.29, 0.717) is 117 Å². The van der Waals surface area contributed by atoms with Crippen molar-refractivity contribution in [3.05, 3.63) is 200 Å². The Labute approximate surface area is 766 Å². The molecule has 0 unspecified atom stereocenters. The van der Waals surface area contributed by atoms with Crippen molar-refractivity contribution in [3.8, 4) is 0 Å². The summed E-state index contributed by atoms with van der Waals surface area (Å²) in [5, 5.41) is 82.2. The number of nitro benzene ring substituents is 5.